The Labute approximate surface area is 130 Å². The van der Waals surface area contributed by atoms with Crippen molar-refractivity contribution in [3.05, 3.63) is 32.5 Å². The zero-order chi connectivity index (χ0) is 15.5. The van der Waals surface area contributed by atoms with E-state index in [9.17, 15) is 9.59 Å². The number of rotatable bonds is 4. The van der Waals surface area contributed by atoms with Gasteiger partial charge < -0.3 is 15.0 Å². The number of aromatic amines is 1. The van der Waals surface area contributed by atoms with Gasteiger partial charge in [-0.1, -0.05) is 0 Å². The number of hydrogen-bond acceptors (Lipinski definition) is 6. The predicted molar refractivity (Wildman–Crippen MR) is 82.0 cm³/mol. The molecule has 2 N–H and O–H groups in total. The Balaban J connectivity index is 1.71. The van der Waals surface area contributed by atoms with Crippen LogP contribution in [-0.4, -0.2) is 40.1 Å². The Morgan fingerprint density at radius 2 is 2.45 bits per heavy atom. The lowest BCUT2D eigenvalue weighted by Crippen LogP contribution is -2.35. The van der Waals surface area contributed by atoms with Crippen LogP contribution in [0.25, 0.3) is 11.5 Å². The number of nitrogens with zero attached hydrogens (tertiary/aromatic N) is 2. The van der Waals surface area contributed by atoms with E-state index in [-0.39, 0.29) is 11.7 Å². The van der Waals surface area contributed by atoms with Gasteiger partial charge in [-0.15, -0.1) is 11.3 Å². The first-order valence-corrected chi connectivity index (χ1v) is 7.93. The molecule has 1 aliphatic rings. The van der Waals surface area contributed by atoms with Gasteiger partial charge >= 0.3 is 0 Å². The van der Waals surface area contributed by atoms with Crippen molar-refractivity contribution < 1.29 is 9.53 Å². The van der Waals surface area contributed by atoms with Crippen molar-refractivity contribution in [2.75, 3.05) is 13.2 Å². The van der Waals surface area contributed by atoms with E-state index in [4.69, 9.17) is 4.74 Å². The SMILES string of the molecule is Cc1nc(-c2ncc(C(=O)NC[C@@H]3CCCO3)c(=O)[nH]2)cs1. The third-order valence-electron chi connectivity index (χ3n) is 3.42. The molecule has 1 saturated heterocycles. The fourth-order valence-electron chi connectivity index (χ4n) is 2.27. The molecule has 0 aliphatic carbocycles. The van der Waals surface area contributed by atoms with Gasteiger partial charge in [0.05, 0.1) is 11.1 Å². The number of aryl methyl sites for hydroxylation is 1. The Morgan fingerprint density at radius 3 is 3.09 bits per heavy atom. The van der Waals surface area contributed by atoms with E-state index in [1.807, 2.05) is 12.3 Å². The van der Waals surface area contributed by atoms with Crippen LogP contribution >= 0.6 is 11.3 Å². The van der Waals surface area contributed by atoms with Gasteiger partial charge in [-0.05, 0) is 19.8 Å². The summed E-state index contributed by atoms with van der Waals surface area (Å²) in [5, 5.41) is 5.40. The van der Waals surface area contributed by atoms with E-state index in [1.165, 1.54) is 17.5 Å². The minimum atomic E-state index is -0.472. The normalized spacial score (nSPS) is 17.6. The quantitative estimate of drug-likeness (QED) is 0.879. The number of aromatic nitrogens is 3. The molecule has 8 heteroatoms. The van der Waals surface area contributed by atoms with Gasteiger partial charge in [-0.25, -0.2) is 9.97 Å². The van der Waals surface area contributed by atoms with Crippen molar-refractivity contribution in [1.82, 2.24) is 20.3 Å². The van der Waals surface area contributed by atoms with Crippen LogP contribution in [0.2, 0.25) is 0 Å². The van der Waals surface area contributed by atoms with Crippen LogP contribution in [0, 0.1) is 6.92 Å². The molecule has 1 aliphatic heterocycles. The van der Waals surface area contributed by atoms with E-state index in [1.54, 1.807) is 0 Å². The number of carbonyl (C=O) groups is 1. The number of amides is 1. The van der Waals surface area contributed by atoms with Crippen LogP contribution in [0.1, 0.15) is 28.2 Å². The topological polar surface area (TPSA) is 97.0 Å². The van der Waals surface area contributed by atoms with Crippen molar-refractivity contribution in [1.29, 1.82) is 0 Å². The minimum absolute atomic E-state index is 0.00583. The Bertz CT molecular complexity index is 734. The molecular weight excluding hydrogens is 304 g/mol. The maximum atomic E-state index is 12.0. The minimum Gasteiger partial charge on any atom is -0.376 e. The monoisotopic (exact) mass is 320 g/mol. The van der Waals surface area contributed by atoms with E-state index in [0.717, 1.165) is 24.5 Å². The van der Waals surface area contributed by atoms with Crippen LogP contribution in [0.4, 0.5) is 0 Å². The van der Waals surface area contributed by atoms with Gasteiger partial charge in [-0.2, -0.15) is 0 Å². The number of thiazole rings is 1. The van der Waals surface area contributed by atoms with Crippen LogP contribution in [-0.2, 0) is 4.74 Å². The van der Waals surface area contributed by atoms with Crippen LogP contribution in [0.15, 0.2) is 16.4 Å². The average Bonchev–Trinajstić information content (AvgIpc) is 3.16. The van der Waals surface area contributed by atoms with Crippen LogP contribution < -0.4 is 10.9 Å². The fraction of sp³-hybridized carbons (Fsp3) is 0.429. The summed E-state index contributed by atoms with van der Waals surface area (Å²) in [6, 6.07) is 0. The summed E-state index contributed by atoms with van der Waals surface area (Å²) >= 11 is 1.47. The molecular formula is C14H16N4O3S. The number of ether oxygens (including phenoxy) is 1. The molecule has 1 fully saturated rings. The second kappa shape index (κ2) is 6.37. The number of nitrogens with one attached hydrogen (secondary N) is 2. The van der Waals surface area contributed by atoms with Crippen molar-refractivity contribution in [2.24, 2.45) is 0 Å². The lowest BCUT2D eigenvalue weighted by atomic mass is 10.2. The average molecular weight is 320 g/mol. The van der Waals surface area contributed by atoms with Gasteiger partial charge in [0.1, 0.15) is 11.3 Å². The van der Waals surface area contributed by atoms with Gasteiger partial charge in [0.25, 0.3) is 11.5 Å². The standard InChI is InChI=1S/C14H16N4O3S/c1-8-17-11(7-22-8)12-15-6-10(14(20)18-12)13(19)16-5-9-3-2-4-21-9/h6-7,9H,2-5H2,1H3,(H,16,19)(H,15,18,20)/t9-/m0/s1. The van der Waals surface area contributed by atoms with Crippen LogP contribution in [0.3, 0.4) is 0 Å². The molecule has 3 rings (SSSR count). The number of carbonyl (C=O) groups excluding carboxylic acids is 1. The summed E-state index contributed by atoms with van der Waals surface area (Å²) in [4.78, 5) is 35.1. The van der Waals surface area contributed by atoms with Gasteiger partial charge in [0.15, 0.2) is 5.82 Å². The summed E-state index contributed by atoms with van der Waals surface area (Å²) in [6.45, 7) is 3.01. The van der Waals surface area contributed by atoms with Crippen molar-refractivity contribution >= 4 is 17.2 Å². The van der Waals surface area contributed by atoms with E-state index >= 15 is 0 Å². The summed E-state index contributed by atoms with van der Waals surface area (Å²) in [5.74, 6) is -0.0738. The maximum absolute atomic E-state index is 12.0. The zero-order valence-electron chi connectivity index (χ0n) is 12.1. The third-order valence-corrected chi connectivity index (χ3v) is 4.19. The molecule has 0 aromatic carbocycles. The highest BCUT2D eigenvalue weighted by molar-refractivity contribution is 7.09. The summed E-state index contributed by atoms with van der Waals surface area (Å²) in [6.07, 6.45) is 3.25. The largest absolute Gasteiger partial charge is 0.376 e. The second-order valence-electron chi connectivity index (χ2n) is 5.07. The molecule has 0 saturated carbocycles. The highest BCUT2D eigenvalue weighted by Crippen LogP contribution is 2.16. The Kier molecular flexibility index (Phi) is 4.30. The fourth-order valence-corrected chi connectivity index (χ4v) is 2.86. The molecule has 7 nitrogen and oxygen atoms in total. The summed E-state index contributed by atoms with van der Waals surface area (Å²) in [7, 11) is 0. The molecule has 0 spiro atoms. The number of hydrogen-bond donors (Lipinski definition) is 2. The predicted octanol–water partition coefficient (Wildman–Crippen LogP) is 1.11. The van der Waals surface area contributed by atoms with E-state index in [0.29, 0.717) is 18.1 Å². The molecule has 0 radical (unpaired) electrons. The van der Waals surface area contributed by atoms with Crippen molar-refractivity contribution in [3.8, 4) is 11.5 Å². The highest BCUT2D eigenvalue weighted by atomic mass is 32.1. The third kappa shape index (κ3) is 3.23. The molecule has 22 heavy (non-hydrogen) atoms. The molecule has 1 amide bonds. The van der Waals surface area contributed by atoms with Crippen LogP contribution in [0.5, 0.6) is 0 Å². The van der Waals surface area contributed by atoms with Gasteiger partial charge in [-0.3, -0.25) is 9.59 Å². The highest BCUT2D eigenvalue weighted by Gasteiger charge is 2.18. The molecule has 2 aromatic rings. The number of H-pyrrole nitrogens is 1. The van der Waals surface area contributed by atoms with E-state index in [2.05, 4.69) is 20.3 Å². The first kappa shape index (κ1) is 14.9. The lowest BCUT2D eigenvalue weighted by Gasteiger charge is -2.10. The molecule has 3 heterocycles. The molecule has 0 bridgehead atoms. The maximum Gasteiger partial charge on any atom is 0.264 e. The van der Waals surface area contributed by atoms with Gasteiger partial charge in [0.2, 0.25) is 0 Å². The van der Waals surface area contributed by atoms with Crippen molar-refractivity contribution in [3.63, 3.8) is 0 Å². The zero-order valence-corrected chi connectivity index (χ0v) is 12.9. The first-order chi connectivity index (χ1) is 10.6. The van der Waals surface area contributed by atoms with Gasteiger partial charge in [0, 0.05) is 24.7 Å². The molecule has 2 aromatic heterocycles. The second-order valence-corrected chi connectivity index (χ2v) is 6.13. The van der Waals surface area contributed by atoms with E-state index < -0.39 is 11.5 Å². The molecule has 116 valence electrons. The molecule has 1 atom stereocenters. The lowest BCUT2D eigenvalue weighted by molar-refractivity contribution is 0.0856. The van der Waals surface area contributed by atoms with Crippen molar-refractivity contribution in [2.45, 2.75) is 25.9 Å². The Hall–Kier alpha value is -2.06. The summed E-state index contributed by atoms with van der Waals surface area (Å²) < 4.78 is 5.43. The first-order valence-electron chi connectivity index (χ1n) is 7.05. The summed E-state index contributed by atoms with van der Waals surface area (Å²) in [5.41, 5.74) is 0.125. The smallest absolute Gasteiger partial charge is 0.264 e. The molecule has 0 unspecified atom stereocenters. The Morgan fingerprint density at radius 1 is 1.59 bits per heavy atom.